The normalized spacial score (nSPS) is 10.9. The van der Waals surface area contributed by atoms with Crippen molar-refractivity contribution in [3.63, 3.8) is 0 Å². The van der Waals surface area contributed by atoms with Gasteiger partial charge in [-0.25, -0.2) is 4.79 Å². The first-order valence-electron chi connectivity index (χ1n) is 4.92. The van der Waals surface area contributed by atoms with Gasteiger partial charge in [-0.2, -0.15) is 0 Å². The van der Waals surface area contributed by atoms with Gasteiger partial charge in [-0.15, -0.1) is 0 Å². The highest BCUT2D eigenvalue weighted by atomic mass is 16.6. The molecule has 0 saturated carbocycles. The van der Waals surface area contributed by atoms with Crippen molar-refractivity contribution in [2.24, 2.45) is 0 Å². The number of hydrogen-bond acceptors (Lipinski definition) is 4. The SMILES string of the molecule is CC(C)(C)OC(=O)NCC(=O)c1ccco1. The Balaban J connectivity index is 2.35. The number of carbonyl (C=O) groups excluding carboxylic acids is 2. The Kier molecular flexibility index (Phi) is 3.71. The minimum absolute atomic E-state index is 0.136. The molecule has 16 heavy (non-hydrogen) atoms. The number of hydrogen-bond donors (Lipinski definition) is 1. The Labute approximate surface area is 93.8 Å². The van der Waals surface area contributed by atoms with E-state index in [0.717, 1.165) is 0 Å². The van der Waals surface area contributed by atoms with Crippen molar-refractivity contribution in [1.82, 2.24) is 5.32 Å². The average molecular weight is 225 g/mol. The van der Waals surface area contributed by atoms with E-state index in [1.54, 1.807) is 32.9 Å². The van der Waals surface area contributed by atoms with Gasteiger partial charge in [0.15, 0.2) is 5.76 Å². The number of carbonyl (C=O) groups is 2. The number of amides is 1. The molecule has 5 nitrogen and oxygen atoms in total. The van der Waals surface area contributed by atoms with Gasteiger partial charge >= 0.3 is 6.09 Å². The van der Waals surface area contributed by atoms with E-state index in [9.17, 15) is 9.59 Å². The minimum atomic E-state index is -0.618. The van der Waals surface area contributed by atoms with Crippen molar-refractivity contribution in [1.29, 1.82) is 0 Å². The summed E-state index contributed by atoms with van der Waals surface area (Å²) in [4.78, 5) is 22.6. The monoisotopic (exact) mass is 225 g/mol. The van der Waals surface area contributed by atoms with E-state index in [0.29, 0.717) is 0 Å². The van der Waals surface area contributed by atoms with E-state index < -0.39 is 11.7 Å². The van der Waals surface area contributed by atoms with Gasteiger partial charge in [0.25, 0.3) is 0 Å². The van der Waals surface area contributed by atoms with Crippen molar-refractivity contribution in [3.05, 3.63) is 24.2 Å². The summed E-state index contributed by atoms with van der Waals surface area (Å²) in [5.74, 6) is -0.0769. The fourth-order valence-corrected chi connectivity index (χ4v) is 0.991. The molecule has 5 heteroatoms. The van der Waals surface area contributed by atoms with Gasteiger partial charge in [-0.3, -0.25) is 4.79 Å². The molecule has 0 spiro atoms. The molecule has 0 bridgehead atoms. The second-order valence-corrected chi connectivity index (χ2v) is 4.26. The predicted molar refractivity (Wildman–Crippen MR) is 57.3 cm³/mol. The highest BCUT2D eigenvalue weighted by Crippen LogP contribution is 2.06. The van der Waals surface area contributed by atoms with Gasteiger partial charge in [-0.1, -0.05) is 0 Å². The van der Waals surface area contributed by atoms with E-state index in [2.05, 4.69) is 5.32 Å². The number of nitrogens with one attached hydrogen (secondary N) is 1. The van der Waals surface area contributed by atoms with Crippen molar-refractivity contribution in [2.45, 2.75) is 26.4 Å². The maximum Gasteiger partial charge on any atom is 0.408 e. The van der Waals surface area contributed by atoms with Gasteiger partial charge in [0.05, 0.1) is 12.8 Å². The first kappa shape index (κ1) is 12.3. The summed E-state index contributed by atoms with van der Waals surface area (Å²) in [6.07, 6.45) is 0.785. The minimum Gasteiger partial charge on any atom is -0.461 e. The summed E-state index contributed by atoms with van der Waals surface area (Å²) in [5, 5.41) is 2.36. The molecule has 88 valence electrons. The molecule has 0 saturated heterocycles. The lowest BCUT2D eigenvalue weighted by molar-refractivity contribution is 0.0519. The summed E-state index contributed by atoms with van der Waals surface area (Å²) in [6.45, 7) is 5.12. The summed E-state index contributed by atoms with van der Waals surface area (Å²) in [5.41, 5.74) is -0.572. The third kappa shape index (κ3) is 4.16. The molecule has 1 heterocycles. The smallest absolute Gasteiger partial charge is 0.408 e. The first-order valence-corrected chi connectivity index (χ1v) is 4.92. The van der Waals surface area contributed by atoms with E-state index in [4.69, 9.17) is 9.15 Å². The van der Waals surface area contributed by atoms with Crippen LogP contribution in [0.25, 0.3) is 0 Å². The van der Waals surface area contributed by atoms with Crippen molar-refractivity contribution in [3.8, 4) is 0 Å². The summed E-state index contributed by atoms with van der Waals surface area (Å²) < 4.78 is 9.86. The van der Waals surface area contributed by atoms with Crippen LogP contribution in [0.3, 0.4) is 0 Å². The molecular weight excluding hydrogens is 210 g/mol. The standard InChI is InChI=1S/C11H15NO4/c1-11(2,3)16-10(14)12-7-8(13)9-5-4-6-15-9/h4-6H,7H2,1-3H3,(H,12,14). The number of rotatable bonds is 3. The van der Waals surface area contributed by atoms with Crippen molar-refractivity contribution in [2.75, 3.05) is 6.54 Å². The second-order valence-electron chi connectivity index (χ2n) is 4.26. The molecule has 1 N–H and O–H groups in total. The molecular formula is C11H15NO4. The molecule has 0 radical (unpaired) electrons. The highest BCUT2D eigenvalue weighted by molar-refractivity contribution is 5.96. The van der Waals surface area contributed by atoms with Gasteiger partial charge in [0.2, 0.25) is 5.78 Å². The maximum absolute atomic E-state index is 11.4. The predicted octanol–water partition coefficient (Wildman–Crippen LogP) is 1.99. The molecule has 0 aliphatic heterocycles. The first-order chi connectivity index (χ1) is 7.38. The zero-order valence-electron chi connectivity index (χ0n) is 9.57. The third-order valence-corrected chi connectivity index (χ3v) is 1.59. The van der Waals surface area contributed by atoms with Gasteiger partial charge in [-0.05, 0) is 32.9 Å². The number of ether oxygens (including phenoxy) is 1. The Hall–Kier alpha value is -1.78. The molecule has 0 atom stereocenters. The largest absolute Gasteiger partial charge is 0.461 e. The molecule has 0 unspecified atom stereocenters. The zero-order chi connectivity index (χ0) is 12.2. The van der Waals surface area contributed by atoms with Crippen molar-refractivity contribution >= 4 is 11.9 Å². The lowest BCUT2D eigenvalue weighted by atomic mass is 10.2. The Morgan fingerprint density at radius 3 is 2.62 bits per heavy atom. The van der Waals surface area contributed by atoms with Crippen LogP contribution in [0.2, 0.25) is 0 Å². The van der Waals surface area contributed by atoms with Crippen molar-refractivity contribution < 1.29 is 18.7 Å². The molecule has 0 aliphatic rings. The number of ketones is 1. The lowest BCUT2D eigenvalue weighted by Gasteiger charge is -2.19. The Morgan fingerprint density at radius 2 is 2.12 bits per heavy atom. The fraction of sp³-hybridized carbons (Fsp3) is 0.455. The molecule has 0 aromatic carbocycles. The van der Waals surface area contributed by atoms with Crippen LogP contribution in [0.15, 0.2) is 22.8 Å². The number of alkyl carbamates (subject to hydrolysis) is 1. The molecule has 1 amide bonds. The lowest BCUT2D eigenvalue weighted by Crippen LogP contribution is -2.35. The fourth-order valence-electron chi connectivity index (χ4n) is 0.991. The van der Waals surface area contributed by atoms with Gasteiger partial charge in [0.1, 0.15) is 5.60 Å². The zero-order valence-corrected chi connectivity index (χ0v) is 9.57. The van der Waals surface area contributed by atoms with E-state index in [-0.39, 0.29) is 18.1 Å². The number of furan rings is 1. The van der Waals surface area contributed by atoms with E-state index >= 15 is 0 Å². The highest BCUT2D eigenvalue weighted by Gasteiger charge is 2.17. The van der Waals surface area contributed by atoms with Gasteiger partial charge < -0.3 is 14.5 Å². The summed E-state index contributed by atoms with van der Waals surface area (Å²) in [7, 11) is 0. The van der Waals surface area contributed by atoms with Crippen LogP contribution in [0, 0.1) is 0 Å². The van der Waals surface area contributed by atoms with Crippen LogP contribution in [-0.4, -0.2) is 24.0 Å². The van der Waals surface area contributed by atoms with Gasteiger partial charge in [0, 0.05) is 0 Å². The Morgan fingerprint density at radius 1 is 1.44 bits per heavy atom. The van der Waals surface area contributed by atoms with E-state index in [1.165, 1.54) is 6.26 Å². The van der Waals surface area contributed by atoms with E-state index in [1.807, 2.05) is 0 Å². The topological polar surface area (TPSA) is 68.5 Å². The second kappa shape index (κ2) is 4.83. The Bertz CT molecular complexity index is 362. The summed E-state index contributed by atoms with van der Waals surface area (Å²) >= 11 is 0. The summed E-state index contributed by atoms with van der Waals surface area (Å²) in [6, 6.07) is 3.15. The van der Waals surface area contributed by atoms with Crippen LogP contribution < -0.4 is 5.32 Å². The van der Waals surface area contributed by atoms with Crippen LogP contribution in [-0.2, 0) is 4.74 Å². The quantitative estimate of drug-likeness (QED) is 0.799. The van der Waals surface area contributed by atoms with Crippen LogP contribution >= 0.6 is 0 Å². The number of Topliss-reactive ketones (excluding diaryl/α,β-unsaturated/α-hetero) is 1. The third-order valence-electron chi connectivity index (χ3n) is 1.59. The van der Waals surface area contributed by atoms with Crippen LogP contribution in [0.5, 0.6) is 0 Å². The van der Waals surface area contributed by atoms with Crippen LogP contribution in [0.4, 0.5) is 4.79 Å². The molecule has 1 aromatic rings. The molecule has 0 fully saturated rings. The average Bonchev–Trinajstić information content (AvgIpc) is 2.64. The molecule has 1 rings (SSSR count). The molecule has 0 aliphatic carbocycles. The molecule has 1 aromatic heterocycles. The van der Waals surface area contributed by atoms with Crippen LogP contribution in [0.1, 0.15) is 31.3 Å². The maximum atomic E-state index is 11.4.